The van der Waals surface area contributed by atoms with Crippen LogP contribution in [0.2, 0.25) is 0 Å². The highest BCUT2D eigenvalue weighted by Crippen LogP contribution is 2.13. The smallest absolute Gasteiger partial charge is 0.260 e. The van der Waals surface area contributed by atoms with Gasteiger partial charge >= 0.3 is 6.41 Å². The van der Waals surface area contributed by atoms with Gasteiger partial charge in [-0.3, -0.25) is 4.79 Å². The summed E-state index contributed by atoms with van der Waals surface area (Å²) in [6, 6.07) is 6.56. The van der Waals surface area contributed by atoms with Crippen LogP contribution >= 0.6 is 0 Å². The van der Waals surface area contributed by atoms with Gasteiger partial charge < -0.3 is 0 Å². The van der Waals surface area contributed by atoms with Crippen molar-refractivity contribution in [2.75, 3.05) is 5.12 Å². The molecule has 0 aliphatic rings. The van der Waals surface area contributed by atoms with Crippen LogP contribution in [0.4, 0.5) is 10.2 Å². The Hall–Kier alpha value is -1.38. The summed E-state index contributed by atoms with van der Waals surface area (Å²) in [5, 5.41) is -0.0764. The van der Waals surface area contributed by atoms with Crippen LogP contribution in [-0.4, -0.2) is 6.41 Å². The quantitative estimate of drug-likeness (QED) is 0.467. The largest absolute Gasteiger partial charge is 0.347 e. The highest BCUT2D eigenvalue weighted by Gasteiger charge is 2.02. The van der Waals surface area contributed by atoms with E-state index < -0.39 is 0 Å². The Balaban J connectivity index is 2.95. The maximum Gasteiger partial charge on any atom is 0.347 e. The lowest BCUT2D eigenvalue weighted by atomic mass is 10.2. The zero-order valence-corrected chi connectivity index (χ0v) is 6.04. The first kappa shape index (κ1) is 7.72. The Morgan fingerprint density at radius 2 is 2.27 bits per heavy atom. The molecule has 0 atom stereocenters. The molecule has 57 valence electrons. The summed E-state index contributed by atoms with van der Waals surface area (Å²) in [5.41, 5.74) is 1.11. The minimum absolute atomic E-state index is 0.0764. The normalized spacial score (nSPS) is 9.27. The van der Waals surface area contributed by atoms with Crippen LogP contribution in [0, 0.1) is 6.92 Å². The zero-order valence-electron chi connectivity index (χ0n) is 6.04. The summed E-state index contributed by atoms with van der Waals surface area (Å²) in [5.74, 6) is 0. The molecule has 0 saturated carbocycles. The minimum Gasteiger partial charge on any atom is -0.260 e. The molecule has 0 fully saturated rings. The van der Waals surface area contributed by atoms with Gasteiger partial charge in [0.2, 0.25) is 0 Å². The van der Waals surface area contributed by atoms with Crippen molar-refractivity contribution >= 4 is 12.1 Å². The fraction of sp³-hybridized carbons (Fsp3) is 0.125. The fourth-order valence-corrected chi connectivity index (χ4v) is 0.803. The molecule has 0 aliphatic carbocycles. The van der Waals surface area contributed by atoms with Crippen LogP contribution < -0.4 is 5.12 Å². The number of hydrogen-bond acceptors (Lipinski definition) is 1. The van der Waals surface area contributed by atoms with Gasteiger partial charge in [-0.05, 0) is 24.6 Å². The van der Waals surface area contributed by atoms with E-state index in [-0.39, 0.29) is 10.8 Å². The van der Waals surface area contributed by atoms with Gasteiger partial charge in [0.05, 0.1) is 5.69 Å². The molecule has 0 aromatic heterocycles. The second kappa shape index (κ2) is 3.14. The third-order valence-electron chi connectivity index (χ3n) is 1.31. The first-order valence-electron chi connectivity index (χ1n) is 3.14. The van der Waals surface area contributed by atoms with Crippen molar-refractivity contribution in [3.63, 3.8) is 0 Å². The van der Waals surface area contributed by atoms with Crippen LogP contribution in [0.25, 0.3) is 0 Å². The van der Waals surface area contributed by atoms with Crippen molar-refractivity contribution in [1.29, 1.82) is 0 Å². The molecule has 1 aromatic carbocycles. The third kappa shape index (κ3) is 1.77. The molecule has 0 bridgehead atoms. The number of aryl methyl sites for hydroxylation is 1. The second-order valence-electron chi connectivity index (χ2n) is 2.21. The van der Waals surface area contributed by atoms with E-state index in [0.29, 0.717) is 0 Å². The highest BCUT2D eigenvalue weighted by molar-refractivity contribution is 5.72. The van der Waals surface area contributed by atoms with Crippen LogP contribution in [0.3, 0.4) is 0 Å². The van der Waals surface area contributed by atoms with Crippen molar-refractivity contribution < 1.29 is 9.28 Å². The Morgan fingerprint density at radius 1 is 1.55 bits per heavy atom. The molecule has 0 saturated heterocycles. The van der Waals surface area contributed by atoms with Gasteiger partial charge in [0, 0.05) is 0 Å². The number of halogens is 1. The lowest BCUT2D eigenvalue weighted by molar-refractivity contribution is 0.471. The molecule has 0 N–H and O–H groups in total. The van der Waals surface area contributed by atoms with Gasteiger partial charge in [-0.25, -0.2) is 0 Å². The average molecular weight is 152 g/mol. The molecule has 0 heterocycles. The van der Waals surface area contributed by atoms with E-state index in [2.05, 4.69) is 0 Å². The predicted octanol–water partition coefficient (Wildman–Crippen LogP) is 1.75. The summed E-state index contributed by atoms with van der Waals surface area (Å²) in [4.78, 5) is 9.84. The Kier molecular flexibility index (Phi) is 2.21. The molecule has 11 heavy (non-hydrogen) atoms. The number of amides is 1. The monoisotopic (exact) mass is 152 g/mol. The summed E-state index contributed by atoms with van der Waals surface area (Å²) in [7, 11) is 0. The van der Waals surface area contributed by atoms with Crippen molar-refractivity contribution in [1.82, 2.24) is 0 Å². The fourth-order valence-electron chi connectivity index (χ4n) is 0.803. The van der Waals surface area contributed by atoms with E-state index in [9.17, 15) is 9.28 Å². The average Bonchev–Trinajstić information content (AvgIpc) is 2.03. The molecule has 0 aliphatic heterocycles. The van der Waals surface area contributed by atoms with Gasteiger partial charge in [-0.2, -0.15) is 0 Å². The van der Waals surface area contributed by atoms with E-state index in [1.807, 2.05) is 13.0 Å². The molecule has 3 heteroatoms. The molecular weight excluding hydrogens is 145 g/mol. The number of anilines is 1. The number of carbonyl (C=O) groups excluding carboxylic acids is 1. The summed E-state index contributed by atoms with van der Waals surface area (Å²) in [6.45, 7) is 1.82. The molecule has 0 spiro atoms. The molecule has 2 nitrogen and oxygen atoms in total. The van der Waals surface area contributed by atoms with Crippen molar-refractivity contribution in [3.8, 4) is 0 Å². The Bertz CT molecular complexity index is 262. The number of rotatable bonds is 2. The maximum atomic E-state index is 12.5. The summed E-state index contributed by atoms with van der Waals surface area (Å²) >= 11 is 0. The molecule has 1 radical (unpaired) electrons. The topological polar surface area (TPSA) is 20.3 Å². The van der Waals surface area contributed by atoms with Gasteiger partial charge in [-0.1, -0.05) is 16.6 Å². The van der Waals surface area contributed by atoms with E-state index in [1.165, 1.54) is 6.07 Å². The molecule has 1 rings (SSSR count). The van der Waals surface area contributed by atoms with Crippen molar-refractivity contribution in [2.45, 2.75) is 6.92 Å². The summed E-state index contributed by atoms with van der Waals surface area (Å²) in [6.07, 6.45) is 1.13. The van der Waals surface area contributed by atoms with Gasteiger partial charge in [0.1, 0.15) is 0 Å². The van der Waals surface area contributed by atoms with Gasteiger partial charge in [-0.15, -0.1) is 5.12 Å². The SMILES string of the molecule is Cc1cccc(N(F)[C]=O)c1. The lowest BCUT2D eigenvalue weighted by Crippen LogP contribution is -2.07. The van der Waals surface area contributed by atoms with Gasteiger partial charge in [0.25, 0.3) is 0 Å². The molecular formula is C8H7FNO. The van der Waals surface area contributed by atoms with Crippen LogP contribution in [0.5, 0.6) is 0 Å². The predicted molar refractivity (Wildman–Crippen MR) is 40.5 cm³/mol. The Labute approximate surface area is 64.2 Å². The number of hydrogen-bond donors (Lipinski definition) is 0. The summed E-state index contributed by atoms with van der Waals surface area (Å²) < 4.78 is 12.5. The Morgan fingerprint density at radius 3 is 2.82 bits per heavy atom. The van der Waals surface area contributed by atoms with Crippen LogP contribution in [-0.2, 0) is 4.79 Å². The standard InChI is InChI=1S/C8H7FNO/c1-7-3-2-4-8(5-7)10(9)6-11/h2-5H,1H3. The number of nitrogens with zero attached hydrogens (tertiary/aromatic N) is 1. The first-order chi connectivity index (χ1) is 5.24. The first-order valence-corrected chi connectivity index (χ1v) is 3.14. The number of benzene rings is 1. The lowest BCUT2D eigenvalue weighted by Gasteiger charge is -2.03. The second-order valence-corrected chi connectivity index (χ2v) is 2.21. The zero-order chi connectivity index (χ0) is 8.27. The van der Waals surface area contributed by atoms with Crippen molar-refractivity contribution in [2.24, 2.45) is 0 Å². The van der Waals surface area contributed by atoms with E-state index >= 15 is 0 Å². The van der Waals surface area contributed by atoms with Crippen LogP contribution in [0.1, 0.15) is 5.56 Å². The van der Waals surface area contributed by atoms with Crippen molar-refractivity contribution in [3.05, 3.63) is 29.8 Å². The molecule has 0 unspecified atom stereocenters. The van der Waals surface area contributed by atoms with E-state index in [0.717, 1.165) is 12.0 Å². The maximum absolute atomic E-state index is 12.5. The van der Waals surface area contributed by atoms with Gasteiger partial charge in [0.15, 0.2) is 0 Å². The molecule has 1 aromatic rings. The van der Waals surface area contributed by atoms with E-state index in [4.69, 9.17) is 0 Å². The van der Waals surface area contributed by atoms with E-state index in [1.54, 1.807) is 12.1 Å². The third-order valence-corrected chi connectivity index (χ3v) is 1.31. The molecule has 1 amide bonds. The highest BCUT2D eigenvalue weighted by atomic mass is 19.2. The van der Waals surface area contributed by atoms with Crippen LogP contribution in [0.15, 0.2) is 24.3 Å². The minimum atomic E-state index is -0.0764.